The molecule has 1 fully saturated rings. The molecule has 1 aromatic carbocycles. The molecular weight excluding hydrogens is 234 g/mol. The third-order valence-electron chi connectivity index (χ3n) is 3.78. The maximum Gasteiger partial charge on any atom is 0.129 e. The van der Waals surface area contributed by atoms with Gasteiger partial charge < -0.3 is 10.3 Å². The summed E-state index contributed by atoms with van der Waals surface area (Å²) in [6.07, 6.45) is 4.44. The number of aryl methyl sites for hydroxylation is 1. The van der Waals surface area contributed by atoms with Crippen LogP contribution in [0, 0.1) is 0 Å². The van der Waals surface area contributed by atoms with Crippen LogP contribution in [0.25, 0.3) is 11.0 Å². The summed E-state index contributed by atoms with van der Waals surface area (Å²) in [5.41, 5.74) is 8.25. The molecule has 2 N–H and O–H groups in total. The molecule has 0 spiro atoms. The highest BCUT2D eigenvalue weighted by Gasteiger charge is 2.35. The van der Waals surface area contributed by atoms with Gasteiger partial charge in [-0.25, -0.2) is 4.98 Å². The molecule has 0 unspecified atom stereocenters. The van der Waals surface area contributed by atoms with Crippen molar-refractivity contribution in [1.82, 2.24) is 9.55 Å². The van der Waals surface area contributed by atoms with Gasteiger partial charge in [0.05, 0.1) is 16.6 Å². The molecule has 0 saturated heterocycles. The first kappa shape index (κ1) is 11.1. The molecule has 3 rings (SSSR count). The lowest BCUT2D eigenvalue weighted by Crippen LogP contribution is -2.36. The van der Waals surface area contributed by atoms with E-state index < -0.39 is 0 Å². The smallest absolute Gasteiger partial charge is 0.129 e. The second-order valence-electron chi connectivity index (χ2n) is 4.99. The van der Waals surface area contributed by atoms with Crippen molar-refractivity contribution in [3.8, 4) is 0 Å². The quantitative estimate of drug-likeness (QED) is 0.845. The number of aromatic nitrogens is 2. The van der Waals surface area contributed by atoms with Crippen LogP contribution in [-0.2, 0) is 12.6 Å². The van der Waals surface area contributed by atoms with Crippen LogP contribution in [0.1, 0.15) is 31.5 Å². The monoisotopic (exact) mass is 249 g/mol. The van der Waals surface area contributed by atoms with Gasteiger partial charge >= 0.3 is 0 Å². The zero-order valence-corrected chi connectivity index (χ0v) is 10.7. The van der Waals surface area contributed by atoms with E-state index in [0.717, 1.165) is 34.7 Å². The lowest BCUT2D eigenvalue weighted by Gasteiger charge is -2.22. The van der Waals surface area contributed by atoms with Crippen molar-refractivity contribution in [2.75, 3.05) is 0 Å². The largest absolute Gasteiger partial charge is 0.330 e. The Labute approximate surface area is 106 Å². The van der Waals surface area contributed by atoms with E-state index in [0.29, 0.717) is 0 Å². The highest BCUT2D eigenvalue weighted by atomic mass is 35.5. The number of benzene rings is 1. The molecule has 1 heterocycles. The third-order valence-corrected chi connectivity index (χ3v) is 4.02. The summed E-state index contributed by atoms with van der Waals surface area (Å²) in [6, 6.07) is 5.80. The first-order valence-corrected chi connectivity index (χ1v) is 6.39. The topological polar surface area (TPSA) is 43.8 Å². The van der Waals surface area contributed by atoms with E-state index in [1.165, 1.54) is 12.8 Å². The lowest BCUT2D eigenvalue weighted by atomic mass is 9.98. The standard InChI is InChI=1S/C13H16ClN3/c1-17-11-5-4-9(14)8-10(11)16-12(17)13(15)6-2-3-7-13/h4-5,8H,2-3,6-7,15H2,1H3. The van der Waals surface area contributed by atoms with E-state index in [1.807, 2.05) is 25.2 Å². The van der Waals surface area contributed by atoms with Gasteiger partial charge in [0.15, 0.2) is 0 Å². The van der Waals surface area contributed by atoms with Gasteiger partial charge in [0.2, 0.25) is 0 Å². The molecule has 1 aliphatic rings. The van der Waals surface area contributed by atoms with Gasteiger partial charge in [0.25, 0.3) is 0 Å². The molecule has 1 saturated carbocycles. The van der Waals surface area contributed by atoms with Crippen LogP contribution in [-0.4, -0.2) is 9.55 Å². The van der Waals surface area contributed by atoms with Gasteiger partial charge in [-0.05, 0) is 31.0 Å². The molecule has 17 heavy (non-hydrogen) atoms. The highest BCUT2D eigenvalue weighted by Crippen LogP contribution is 2.36. The Morgan fingerprint density at radius 1 is 1.35 bits per heavy atom. The summed E-state index contributed by atoms with van der Waals surface area (Å²) in [6.45, 7) is 0. The Balaban J connectivity index is 2.20. The molecule has 0 atom stereocenters. The van der Waals surface area contributed by atoms with Gasteiger partial charge in [0.1, 0.15) is 5.82 Å². The number of hydrogen-bond acceptors (Lipinski definition) is 2. The van der Waals surface area contributed by atoms with E-state index in [-0.39, 0.29) is 5.54 Å². The Kier molecular flexibility index (Phi) is 2.42. The summed E-state index contributed by atoms with van der Waals surface area (Å²) in [4.78, 5) is 4.68. The molecule has 0 radical (unpaired) electrons. The molecule has 0 bridgehead atoms. The van der Waals surface area contributed by atoms with E-state index in [9.17, 15) is 0 Å². The molecule has 0 aliphatic heterocycles. The Hall–Kier alpha value is -1.06. The van der Waals surface area contributed by atoms with Gasteiger partial charge in [-0.2, -0.15) is 0 Å². The zero-order chi connectivity index (χ0) is 12.0. The predicted octanol–water partition coefficient (Wildman–Crippen LogP) is 2.95. The molecule has 4 heteroatoms. The maximum atomic E-state index is 6.47. The minimum atomic E-state index is -0.250. The van der Waals surface area contributed by atoms with Gasteiger partial charge in [-0.15, -0.1) is 0 Å². The zero-order valence-electron chi connectivity index (χ0n) is 9.91. The fourth-order valence-corrected chi connectivity index (χ4v) is 3.01. The number of fused-ring (bicyclic) bond motifs is 1. The second-order valence-corrected chi connectivity index (χ2v) is 5.43. The Morgan fingerprint density at radius 2 is 2.06 bits per heavy atom. The number of halogens is 1. The SMILES string of the molecule is Cn1c(C2(N)CCCC2)nc2cc(Cl)ccc21. The molecule has 2 aromatic rings. The minimum absolute atomic E-state index is 0.250. The summed E-state index contributed by atoms with van der Waals surface area (Å²) in [5, 5.41) is 0.722. The average molecular weight is 250 g/mol. The fourth-order valence-electron chi connectivity index (χ4n) is 2.85. The van der Waals surface area contributed by atoms with Crippen LogP contribution in [0.15, 0.2) is 18.2 Å². The molecule has 1 aromatic heterocycles. The predicted molar refractivity (Wildman–Crippen MR) is 70.1 cm³/mol. The van der Waals surface area contributed by atoms with Crippen LogP contribution in [0.3, 0.4) is 0 Å². The van der Waals surface area contributed by atoms with Crippen molar-refractivity contribution in [3.05, 3.63) is 29.0 Å². The van der Waals surface area contributed by atoms with Gasteiger partial charge in [-0.1, -0.05) is 24.4 Å². The Morgan fingerprint density at radius 3 is 2.76 bits per heavy atom. The van der Waals surface area contributed by atoms with Crippen molar-refractivity contribution in [1.29, 1.82) is 0 Å². The molecular formula is C13H16ClN3. The summed E-state index contributed by atoms with van der Waals surface area (Å²) in [5.74, 6) is 0.993. The summed E-state index contributed by atoms with van der Waals surface area (Å²) >= 11 is 5.99. The highest BCUT2D eigenvalue weighted by molar-refractivity contribution is 6.31. The van der Waals surface area contributed by atoms with Crippen molar-refractivity contribution < 1.29 is 0 Å². The van der Waals surface area contributed by atoms with Gasteiger partial charge in [0, 0.05) is 12.1 Å². The van der Waals surface area contributed by atoms with Gasteiger partial charge in [-0.3, -0.25) is 0 Å². The number of nitrogens with zero attached hydrogens (tertiary/aromatic N) is 2. The second kappa shape index (κ2) is 3.72. The fraction of sp³-hybridized carbons (Fsp3) is 0.462. The lowest BCUT2D eigenvalue weighted by molar-refractivity contribution is 0.420. The molecule has 0 amide bonds. The maximum absolute atomic E-state index is 6.47. The minimum Gasteiger partial charge on any atom is -0.330 e. The van der Waals surface area contributed by atoms with Crippen LogP contribution in [0.4, 0.5) is 0 Å². The van der Waals surface area contributed by atoms with E-state index in [2.05, 4.69) is 9.55 Å². The van der Waals surface area contributed by atoms with Crippen molar-refractivity contribution in [2.24, 2.45) is 12.8 Å². The van der Waals surface area contributed by atoms with Crippen LogP contribution >= 0.6 is 11.6 Å². The van der Waals surface area contributed by atoms with E-state index in [4.69, 9.17) is 17.3 Å². The number of hydrogen-bond donors (Lipinski definition) is 1. The molecule has 1 aliphatic carbocycles. The van der Waals surface area contributed by atoms with Crippen LogP contribution in [0.2, 0.25) is 5.02 Å². The number of rotatable bonds is 1. The van der Waals surface area contributed by atoms with Crippen LogP contribution in [0.5, 0.6) is 0 Å². The molecule has 90 valence electrons. The van der Waals surface area contributed by atoms with Crippen molar-refractivity contribution >= 4 is 22.6 Å². The first-order valence-electron chi connectivity index (χ1n) is 6.01. The number of nitrogens with two attached hydrogens (primary N) is 1. The van der Waals surface area contributed by atoms with Crippen LogP contribution < -0.4 is 5.73 Å². The summed E-state index contributed by atoms with van der Waals surface area (Å²) in [7, 11) is 2.03. The van der Waals surface area contributed by atoms with E-state index >= 15 is 0 Å². The van der Waals surface area contributed by atoms with E-state index in [1.54, 1.807) is 0 Å². The number of imidazole rings is 1. The normalized spacial score (nSPS) is 19.0. The average Bonchev–Trinajstić information content (AvgIpc) is 2.85. The van der Waals surface area contributed by atoms with Crippen molar-refractivity contribution in [3.63, 3.8) is 0 Å². The Bertz CT molecular complexity index is 567. The first-order chi connectivity index (χ1) is 8.10. The van der Waals surface area contributed by atoms with Crippen molar-refractivity contribution in [2.45, 2.75) is 31.2 Å². The molecule has 3 nitrogen and oxygen atoms in total. The summed E-state index contributed by atoms with van der Waals surface area (Å²) < 4.78 is 2.11. The third kappa shape index (κ3) is 1.65.